The van der Waals surface area contributed by atoms with Gasteiger partial charge in [0.1, 0.15) is 6.07 Å². The van der Waals surface area contributed by atoms with Gasteiger partial charge in [0.05, 0.1) is 17.5 Å². The van der Waals surface area contributed by atoms with E-state index in [0.29, 0.717) is 12.1 Å². The summed E-state index contributed by atoms with van der Waals surface area (Å²) >= 11 is 0. The van der Waals surface area contributed by atoms with E-state index in [4.69, 9.17) is 5.73 Å². The minimum atomic E-state index is 0.00140. The van der Waals surface area contributed by atoms with Gasteiger partial charge in [-0.15, -0.1) is 0 Å². The fourth-order valence-electron chi connectivity index (χ4n) is 5.53. The molecular formula is C24H26N6O. The maximum absolute atomic E-state index is 12.4. The van der Waals surface area contributed by atoms with Crippen molar-refractivity contribution in [3.05, 3.63) is 53.7 Å². The Balaban J connectivity index is 1.57. The van der Waals surface area contributed by atoms with E-state index in [-0.39, 0.29) is 29.7 Å². The molecule has 0 radical (unpaired) electrons. The third-order valence-corrected chi connectivity index (χ3v) is 7.09. The molecule has 4 N–H and O–H groups in total. The van der Waals surface area contributed by atoms with E-state index in [1.807, 2.05) is 48.3 Å². The predicted molar refractivity (Wildman–Crippen MR) is 119 cm³/mol. The molecule has 1 amide bonds. The molecule has 1 aliphatic heterocycles. The molecule has 1 saturated carbocycles. The number of carbonyl (C=O) groups is 1. The third kappa shape index (κ3) is 3.19. The van der Waals surface area contributed by atoms with E-state index in [1.165, 1.54) is 0 Å². The van der Waals surface area contributed by atoms with Crippen molar-refractivity contribution in [1.29, 1.82) is 5.26 Å². The molecule has 1 aliphatic carbocycles. The number of nitrogens with one attached hydrogen (secondary N) is 2. The summed E-state index contributed by atoms with van der Waals surface area (Å²) in [5, 5.41) is 16.6. The molecule has 4 atom stereocenters. The van der Waals surface area contributed by atoms with Crippen LogP contribution >= 0.6 is 0 Å². The topological polar surface area (TPSA) is 109 Å². The summed E-state index contributed by atoms with van der Waals surface area (Å²) in [7, 11) is 1.93. The Bertz CT molecular complexity index is 1190. The molecular weight excluding hydrogens is 388 g/mol. The highest BCUT2D eigenvalue weighted by atomic mass is 16.2. The summed E-state index contributed by atoms with van der Waals surface area (Å²) in [4.78, 5) is 12.4. The molecule has 4 unspecified atom stereocenters. The van der Waals surface area contributed by atoms with Crippen LogP contribution in [0.3, 0.4) is 0 Å². The molecule has 1 saturated heterocycles. The number of hydrazine groups is 1. The van der Waals surface area contributed by atoms with Crippen molar-refractivity contribution in [1.82, 2.24) is 20.6 Å². The van der Waals surface area contributed by atoms with Crippen molar-refractivity contribution in [2.75, 3.05) is 6.54 Å². The zero-order chi connectivity index (χ0) is 21.5. The van der Waals surface area contributed by atoms with Gasteiger partial charge in [0.2, 0.25) is 5.91 Å². The quantitative estimate of drug-likeness (QED) is 0.610. The van der Waals surface area contributed by atoms with Gasteiger partial charge >= 0.3 is 0 Å². The van der Waals surface area contributed by atoms with Crippen LogP contribution in [-0.2, 0) is 11.8 Å². The van der Waals surface area contributed by atoms with Gasteiger partial charge in [0.25, 0.3) is 0 Å². The molecule has 2 aromatic carbocycles. The standard InChI is InChI=1S/C24H26N6O/c1-30-23(17-8-6-14-4-2-3-5-16(14)20(17)11-25)21(13-27-30)15-7-9-18-19(10-15)22(12-26)28-29-24(18)31/h2-6,8,13,15,18-19,22,28H,7,9-10,12,26H2,1H3,(H,29,31). The molecule has 2 heterocycles. The minimum Gasteiger partial charge on any atom is -0.329 e. The van der Waals surface area contributed by atoms with Crippen LogP contribution in [-0.4, -0.2) is 28.3 Å². The van der Waals surface area contributed by atoms with Crippen LogP contribution in [0.1, 0.15) is 36.3 Å². The van der Waals surface area contributed by atoms with Gasteiger partial charge in [-0.3, -0.25) is 14.9 Å². The first-order chi connectivity index (χ1) is 15.1. The fourth-order valence-corrected chi connectivity index (χ4v) is 5.53. The maximum atomic E-state index is 12.4. The zero-order valence-corrected chi connectivity index (χ0v) is 17.5. The van der Waals surface area contributed by atoms with Crippen LogP contribution in [0.4, 0.5) is 0 Å². The second-order valence-electron chi connectivity index (χ2n) is 8.65. The van der Waals surface area contributed by atoms with E-state index in [2.05, 4.69) is 28.1 Å². The second kappa shape index (κ2) is 7.80. The average molecular weight is 415 g/mol. The van der Waals surface area contributed by atoms with Crippen molar-refractivity contribution in [2.45, 2.75) is 31.2 Å². The van der Waals surface area contributed by atoms with Crippen molar-refractivity contribution >= 4 is 16.7 Å². The first-order valence-corrected chi connectivity index (χ1v) is 10.8. The monoisotopic (exact) mass is 414 g/mol. The van der Waals surface area contributed by atoms with E-state index in [9.17, 15) is 10.1 Å². The lowest BCUT2D eigenvalue weighted by molar-refractivity contribution is -0.133. The van der Waals surface area contributed by atoms with Crippen molar-refractivity contribution < 1.29 is 4.79 Å². The molecule has 5 rings (SSSR count). The van der Waals surface area contributed by atoms with Crippen LogP contribution in [0.5, 0.6) is 0 Å². The van der Waals surface area contributed by atoms with Gasteiger partial charge in [-0.2, -0.15) is 10.4 Å². The lowest BCUT2D eigenvalue weighted by atomic mass is 9.68. The van der Waals surface area contributed by atoms with Gasteiger partial charge in [-0.1, -0.05) is 36.4 Å². The number of hydrogen-bond donors (Lipinski definition) is 3. The average Bonchev–Trinajstić information content (AvgIpc) is 3.19. The number of nitrogens with two attached hydrogens (primary N) is 1. The van der Waals surface area contributed by atoms with Gasteiger partial charge in [-0.05, 0) is 36.5 Å². The van der Waals surface area contributed by atoms with Crippen LogP contribution in [0.15, 0.2) is 42.6 Å². The van der Waals surface area contributed by atoms with Crippen molar-refractivity contribution in [2.24, 2.45) is 24.6 Å². The molecule has 2 fully saturated rings. The van der Waals surface area contributed by atoms with Crippen molar-refractivity contribution in [3.63, 3.8) is 0 Å². The summed E-state index contributed by atoms with van der Waals surface area (Å²) in [6.45, 7) is 0.483. The number of fused-ring (bicyclic) bond motifs is 2. The Labute approximate surface area is 181 Å². The second-order valence-corrected chi connectivity index (χ2v) is 8.65. The Morgan fingerprint density at radius 1 is 1.26 bits per heavy atom. The number of nitrogens with zero attached hydrogens (tertiary/aromatic N) is 3. The number of nitriles is 1. The predicted octanol–water partition coefficient (Wildman–Crippen LogP) is 2.57. The third-order valence-electron chi connectivity index (χ3n) is 7.09. The highest BCUT2D eigenvalue weighted by Gasteiger charge is 2.43. The van der Waals surface area contributed by atoms with Gasteiger partial charge in [0.15, 0.2) is 0 Å². The van der Waals surface area contributed by atoms with Gasteiger partial charge in [0, 0.05) is 42.1 Å². The lowest BCUT2D eigenvalue weighted by Crippen LogP contribution is -2.62. The molecule has 2 aliphatic rings. The number of hydrogen-bond acceptors (Lipinski definition) is 5. The van der Waals surface area contributed by atoms with Crippen LogP contribution in [0, 0.1) is 23.2 Å². The molecule has 0 spiro atoms. The van der Waals surface area contributed by atoms with E-state index in [1.54, 1.807) is 0 Å². The molecule has 158 valence electrons. The molecule has 7 nitrogen and oxygen atoms in total. The number of amides is 1. The summed E-state index contributed by atoms with van der Waals surface area (Å²) in [5.41, 5.74) is 15.6. The number of benzene rings is 2. The molecule has 1 aromatic heterocycles. The zero-order valence-electron chi connectivity index (χ0n) is 17.5. The Morgan fingerprint density at radius 2 is 2.10 bits per heavy atom. The molecule has 3 aromatic rings. The normalized spacial score (nSPS) is 25.6. The van der Waals surface area contributed by atoms with E-state index in [0.717, 1.165) is 46.9 Å². The first kappa shape index (κ1) is 19.7. The minimum absolute atomic E-state index is 0.00140. The number of aryl methyl sites for hydroxylation is 1. The van der Waals surface area contributed by atoms with Crippen LogP contribution in [0.2, 0.25) is 0 Å². The highest BCUT2D eigenvalue weighted by molar-refractivity contribution is 5.94. The van der Waals surface area contributed by atoms with E-state index < -0.39 is 0 Å². The Morgan fingerprint density at radius 3 is 2.90 bits per heavy atom. The molecule has 0 bridgehead atoms. The Hall–Kier alpha value is -3.21. The largest absolute Gasteiger partial charge is 0.329 e. The van der Waals surface area contributed by atoms with Crippen LogP contribution < -0.4 is 16.6 Å². The van der Waals surface area contributed by atoms with Gasteiger partial charge in [-0.25, -0.2) is 5.43 Å². The molecule has 7 heteroatoms. The fraction of sp³-hybridized carbons (Fsp3) is 0.375. The summed E-state index contributed by atoms with van der Waals surface area (Å²) in [6.07, 6.45) is 4.56. The number of rotatable bonds is 3. The van der Waals surface area contributed by atoms with Crippen molar-refractivity contribution in [3.8, 4) is 17.3 Å². The summed E-state index contributed by atoms with van der Waals surface area (Å²) in [6, 6.07) is 14.6. The Kier molecular flexibility index (Phi) is 4.97. The van der Waals surface area contributed by atoms with E-state index >= 15 is 0 Å². The SMILES string of the molecule is Cn1ncc(C2CCC3C(=O)NNC(CN)C3C2)c1-c1ccc2ccccc2c1C#N. The summed E-state index contributed by atoms with van der Waals surface area (Å²) < 4.78 is 1.87. The number of carbonyl (C=O) groups excluding carboxylic acids is 1. The smallest absolute Gasteiger partial charge is 0.237 e. The highest BCUT2D eigenvalue weighted by Crippen LogP contribution is 2.45. The summed E-state index contributed by atoms with van der Waals surface area (Å²) in [5.74, 6) is 0.532. The molecule has 31 heavy (non-hydrogen) atoms. The number of aromatic nitrogens is 2. The van der Waals surface area contributed by atoms with Gasteiger partial charge < -0.3 is 5.73 Å². The lowest BCUT2D eigenvalue weighted by Gasteiger charge is -2.43. The van der Waals surface area contributed by atoms with Crippen LogP contribution in [0.25, 0.3) is 22.0 Å². The maximum Gasteiger partial charge on any atom is 0.237 e. The first-order valence-electron chi connectivity index (χ1n) is 10.8.